The molecule has 0 amide bonds. The lowest BCUT2D eigenvalue weighted by molar-refractivity contribution is 0.281. The first-order valence-electron chi connectivity index (χ1n) is 5.64. The van der Waals surface area contributed by atoms with E-state index in [9.17, 15) is 0 Å². The van der Waals surface area contributed by atoms with E-state index in [4.69, 9.17) is 5.11 Å². The molecule has 0 aromatic carbocycles. The van der Waals surface area contributed by atoms with Crippen LogP contribution in [-0.2, 0) is 5.41 Å². The minimum absolute atomic E-state index is 0.00735. The molecule has 0 saturated heterocycles. The summed E-state index contributed by atoms with van der Waals surface area (Å²) in [6.45, 7) is 8.39. The fourth-order valence-electron chi connectivity index (χ4n) is 1.38. The Morgan fingerprint density at radius 3 is 2.76 bits per heavy atom. The molecule has 2 N–H and O–H groups in total. The molecule has 1 unspecified atom stereocenters. The van der Waals surface area contributed by atoms with Crippen molar-refractivity contribution in [2.75, 3.05) is 11.9 Å². The van der Waals surface area contributed by atoms with E-state index in [2.05, 4.69) is 36.2 Å². The Morgan fingerprint density at radius 2 is 2.24 bits per heavy atom. The molecule has 0 radical (unpaired) electrons. The van der Waals surface area contributed by atoms with Crippen molar-refractivity contribution in [1.29, 1.82) is 0 Å². The van der Waals surface area contributed by atoms with Gasteiger partial charge in [0.2, 0.25) is 10.1 Å². The van der Waals surface area contributed by atoms with Crippen LogP contribution in [0.25, 0.3) is 4.96 Å². The Balaban J connectivity index is 2.26. The van der Waals surface area contributed by atoms with Gasteiger partial charge in [0.1, 0.15) is 0 Å². The number of aromatic nitrogens is 3. The van der Waals surface area contributed by atoms with Crippen LogP contribution in [0.5, 0.6) is 0 Å². The van der Waals surface area contributed by atoms with Crippen molar-refractivity contribution < 1.29 is 5.11 Å². The zero-order valence-electron chi connectivity index (χ0n) is 10.6. The largest absolute Gasteiger partial charge is 0.394 e. The van der Waals surface area contributed by atoms with Crippen LogP contribution in [-0.4, -0.2) is 32.4 Å². The number of imidazole rings is 1. The van der Waals surface area contributed by atoms with Gasteiger partial charge in [-0.1, -0.05) is 32.1 Å². The van der Waals surface area contributed by atoms with Gasteiger partial charge in [0.15, 0.2) is 0 Å². The molecule has 0 bridgehead atoms. The molecular formula is C11H18N4OS. The molecule has 0 aliphatic carbocycles. The highest BCUT2D eigenvalue weighted by atomic mass is 32.1. The van der Waals surface area contributed by atoms with Crippen LogP contribution in [0, 0.1) is 0 Å². The first kappa shape index (κ1) is 12.3. The summed E-state index contributed by atoms with van der Waals surface area (Å²) in [7, 11) is 0. The third-order valence-electron chi connectivity index (χ3n) is 2.46. The van der Waals surface area contributed by atoms with Crippen molar-refractivity contribution in [2.24, 2.45) is 0 Å². The van der Waals surface area contributed by atoms with Gasteiger partial charge in [-0.3, -0.25) is 0 Å². The summed E-state index contributed by atoms with van der Waals surface area (Å²) < 4.78 is 1.79. The molecule has 0 saturated carbocycles. The lowest BCUT2D eigenvalue weighted by Crippen LogP contribution is -2.19. The number of aliphatic hydroxyl groups is 1. The Kier molecular flexibility index (Phi) is 3.09. The fourth-order valence-corrected chi connectivity index (χ4v) is 2.27. The van der Waals surface area contributed by atoms with Crippen LogP contribution in [0.3, 0.4) is 0 Å². The van der Waals surface area contributed by atoms with Gasteiger partial charge in [-0.15, -0.1) is 5.10 Å². The molecule has 94 valence electrons. The third kappa shape index (κ3) is 2.58. The van der Waals surface area contributed by atoms with E-state index < -0.39 is 0 Å². The monoisotopic (exact) mass is 254 g/mol. The van der Waals surface area contributed by atoms with E-state index in [0.29, 0.717) is 0 Å². The standard InChI is InChI=1S/C11H18N4OS/c1-7(6-16)12-9-14-15-5-8(11(2,3)4)13-10(15)17-9/h5,7,16H,6H2,1-4H3,(H,12,14). The normalized spacial score (nSPS) is 14.2. The first-order valence-corrected chi connectivity index (χ1v) is 6.46. The highest BCUT2D eigenvalue weighted by Crippen LogP contribution is 2.25. The second-order valence-electron chi connectivity index (χ2n) is 5.24. The smallest absolute Gasteiger partial charge is 0.214 e. The third-order valence-corrected chi connectivity index (χ3v) is 3.31. The highest BCUT2D eigenvalue weighted by Gasteiger charge is 2.19. The number of fused-ring (bicyclic) bond motifs is 1. The van der Waals surface area contributed by atoms with Crippen LogP contribution in [0.2, 0.25) is 0 Å². The van der Waals surface area contributed by atoms with Gasteiger partial charge in [-0.2, -0.15) is 0 Å². The molecular weight excluding hydrogens is 236 g/mol. The number of rotatable bonds is 3. The van der Waals surface area contributed by atoms with Crippen LogP contribution in [0.15, 0.2) is 6.20 Å². The van der Waals surface area contributed by atoms with E-state index >= 15 is 0 Å². The molecule has 2 aromatic heterocycles. The lowest BCUT2D eigenvalue weighted by atomic mass is 9.93. The van der Waals surface area contributed by atoms with Crippen molar-refractivity contribution in [2.45, 2.75) is 39.2 Å². The fraction of sp³-hybridized carbons (Fsp3) is 0.636. The summed E-state index contributed by atoms with van der Waals surface area (Å²) in [4.78, 5) is 5.43. The summed E-state index contributed by atoms with van der Waals surface area (Å²) in [6, 6.07) is 0.00735. The van der Waals surface area contributed by atoms with E-state index in [1.807, 2.05) is 13.1 Å². The van der Waals surface area contributed by atoms with E-state index in [-0.39, 0.29) is 18.1 Å². The summed E-state index contributed by atoms with van der Waals surface area (Å²) in [6.07, 6.45) is 1.96. The molecule has 2 aromatic rings. The second kappa shape index (κ2) is 4.27. The summed E-state index contributed by atoms with van der Waals surface area (Å²) >= 11 is 1.50. The number of nitrogens with zero attached hydrogens (tertiary/aromatic N) is 3. The Morgan fingerprint density at radius 1 is 1.53 bits per heavy atom. The average molecular weight is 254 g/mol. The van der Waals surface area contributed by atoms with Crippen LogP contribution < -0.4 is 5.32 Å². The molecule has 1 atom stereocenters. The van der Waals surface area contributed by atoms with Gasteiger partial charge in [-0.05, 0) is 6.92 Å². The number of aliphatic hydroxyl groups excluding tert-OH is 1. The molecule has 5 nitrogen and oxygen atoms in total. The lowest BCUT2D eigenvalue weighted by Gasteiger charge is -2.13. The number of hydrogen-bond donors (Lipinski definition) is 2. The quantitative estimate of drug-likeness (QED) is 0.878. The number of hydrogen-bond acceptors (Lipinski definition) is 5. The average Bonchev–Trinajstić information content (AvgIpc) is 2.73. The Hall–Kier alpha value is -1.14. The van der Waals surface area contributed by atoms with Gasteiger partial charge >= 0.3 is 0 Å². The zero-order chi connectivity index (χ0) is 12.6. The van der Waals surface area contributed by atoms with Crippen molar-refractivity contribution in [1.82, 2.24) is 14.6 Å². The predicted octanol–water partition coefficient (Wildman–Crippen LogP) is 1.88. The van der Waals surface area contributed by atoms with E-state index in [1.165, 1.54) is 11.3 Å². The molecule has 6 heteroatoms. The van der Waals surface area contributed by atoms with Gasteiger partial charge in [-0.25, -0.2) is 9.50 Å². The molecule has 2 rings (SSSR count). The summed E-state index contributed by atoms with van der Waals surface area (Å²) in [5, 5.41) is 17.3. The van der Waals surface area contributed by atoms with E-state index in [1.54, 1.807) is 4.52 Å². The SMILES string of the molecule is CC(CO)Nc1nn2cc(C(C)(C)C)nc2s1. The van der Waals surface area contributed by atoms with Gasteiger partial charge in [0, 0.05) is 11.5 Å². The van der Waals surface area contributed by atoms with Gasteiger partial charge in [0.05, 0.1) is 18.5 Å². The summed E-state index contributed by atoms with van der Waals surface area (Å²) in [5.74, 6) is 0. The molecule has 0 spiro atoms. The van der Waals surface area contributed by atoms with Crippen LogP contribution in [0.1, 0.15) is 33.4 Å². The highest BCUT2D eigenvalue weighted by molar-refractivity contribution is 7.20. The second-order valence-corrected chi connectivity index (χ2v) is 6.19. The topological polar surface area (TPSA) is 62.5 Å². The maximum atomic E-state index is 8.96. The zero-order valence-corrected chi connectivity index (χ0v) is 11.4. The first-order chi connectivity index (χ1) is 7.90. The van der Waals surface area contributed by atoms with Crippen molar-refractivity contribution in [3.8, 4) is 0 Å². The molecule has 17 heavy (non-hydrogen) atoms. The molecule has 2 heterocycles. The maximum absolute atomic E-state index is 8.96. The Bertz CT molecular complexity index is 479. The predicted molar refractivity (Wildman–Crippen MR) is 69.7 cm³/mol. The molecule has 0 aliphatic heterocycles. The Labute approximate surface area is 104 Å². The van der Waals surface area contributed by atoms with E-state index in [0.717, 1.165) is 15.8 Å². The summed E-state index contributed by atoms with van der Waals surface area (Å²) in [5.41, 5.74) is 1.08. The van der Waals surface area contributed by atoms with Gasteiger partial charge < -0.3 is 10.4 Å². The maximum Gasteiger partial charge on any atom is 0.214 e. The van der Waals surface area contributed by atoms with Crippen molar-refractivity contribution >= 4 is 21.4 Å². The minimum atomic E-state index is 0.00735. The molecule has 0 fully saturated rings. The van der Waals surface area contributed by atoms with Crippen LogP contribution in [0.4, 0.5) is 5.13 Å². The minimum Gasteiger partial charge on any atom is -0.394 e. The number of nitrogens with one attached hydrogen (secondary N) is 1. The number of anilines is 1. The molecule has 0 aliphatic rings. The van der Waals surface area contributed by atoms with Crippen molar-refractivity contribution in [3.63, 3.8) is 0 Å². The van der Waals surface area contributed by atoms with Crippen LogP contribution >= 0.6 is 11.3 Å². The van der Waals surface area contributed by atoms with Gasteiger partial charge in [0.25, 0.3) is 0 Å². The van der Waals surface area contributed by atoms with Crippen molar-refractivity contribution in [3.05, 3.63) is 11.9 Å².